The summed E-state index contributed by atoms with van der Waals surface area (Å²) in [4.78, 5) is 15.9. The van der Waals surface area contributed by atoms with Crippen molar-refractivity contribution in [2.45, 2.75) is 57.9 Å². The van der Waals surface area contributed by atoms with Crippen LogP contribution < -0.4 is 5.32 Å². The molecule has 1 heterocycles. The van der Waals surface area contributed by atoms with Gasteiger partial charge in [0, 0.05) is 12.2 Å². The SMILES string of the molecule is Cc1cnc(C(F)F)c(C(=O)NC2CCCCCC2)c1. The van der Waals surface area contributed by atoms with Crippen molar-refractivity contribution in [2.75, 3.05) is 0 Å². The molecule has 1 fully saturated rings. The van der Waals surface area contributed by atoms with Crippen LogP contribution in [0.25, 0.3) is 0 Å². The smallest absolute Gasteiger partial charge is 0.281 e. The highest BCUT2D eigenvalue weighted by Gasteiger charge is 2.22. The van der Waals surface area contributed by atoms with Crippen molar-refractivity contribution in [1.82, 2.24) is 10.3 Å². The number of nitrogens with one attached hydrogen (secondary N) is 1. The maximum Gasteiger partial charge on any atom is 0.281 e. The number of pyridine rings is 1. The molecular weight excluding hydrogens is 262 g/mol. The van der Waals surface area contributed by atoms with Gasteiger partial charge in [0.15, 0.2) is 0 Å². The van der Waals surface area contributed by atoms with Crippen molar-refractivity contribution in [3.8, 4) is 0 Å². The second kappa shape index (κ2) is 6.77. The lowest BCUT2D eigenvalue weighted by molar-refractivity contribution is 0.0917. The van der Waals surface area contributed by atoms with Crippen molar-refractivity contribution in [3.05, 3.63) is 29.1 Å². The molecule has 0 radical (unpaired) electrons. The molecule has 0 spiro atoms. The van der Waals surface area contributed by atoms with Gasteiger partial charge >= 0.3 is 0 Å². The minimum atomic E-state index is -2.73. The number of alkyl halides is 2. The lowest BCUT2D eigenvalue weighted by Gasteiger charge is -2.17. The zero-order valence-electron chi connectivity index (χ0n) is 11.7. The van der Waals surface area contributed by atoms with E-state index in [1.807, 2.05) is 0 Å². The summed E-state index contributed by atoms with van der Waals surface area (Å²) in [5, 5.41) is 2.89. The molecule has 0 aliphatic heterocycles. The highest BCUT2D eigenvalue weighted by atomic mass is 19.3. The van der Waals surface area contributed by atoms with Crippen molar-refractivity contribution in [1.29, 1.82) is 0 Å². The number of carbonyl (C=O) groups excluding carboxylic acids is 1. The molecule has 0 aromatic carbocycles. The molecule has 1 aromatic rings. The summed E-state index contributed by atoms with van der Waals surface area (Å²) in [6.07, 6.45) is 5.01. The number of hydrogen-bond acceptors (Lipinski definition) is 2. The molecule has 1 aromatic heterocycles. The average molecular weight is 282 g/mol. The first-order valence-corrected chi connectivity index (χ1v) is 7.13. The molecular formula is C15H20F2N2O. The molecule has 1 aliphatic rings. The molecule has 3 nitrogen and oxygen atoms in total. The maximum absolute atomic E-state index is 12.9. The van der Waals surface area contributed by atoms with Crippen LogP contribution in [-0.2, 0) is 0 Å². The van der Waals surface area contributed by atoms with E-state index in [9.17, 15) is 13.6 Å². The third-order valence-corrected chi connectivity index (χ3v) is 3.70. The Bertz CT molecular complexity index is 469. The van der Waals surface area contributed by atoms with Crippen LogP contribution in [0.1, 0.15) is 66.6 Å². The first-order valence-electron chi connectivity index (χ1n) is 7.13. The van der Waals surface area contributed by atoms with Gasteiger partial charge in [-0.25, -0.2) is 8.78 Å². The van der Waals surface area contributed by atoms with Gasteiger partial charge in [-0.1, -0.05) is 25.7 Å². The zero-order valence-corrected chi connectivity index (χ0v) is 11.7. The summed E-state index contributed by atoms with van der Waals surface area (Å²) in [6, 6.07) is 1.58. The molecule has 20 heavy (non-hydrogen) atoms. The van der Waals surface area contributed by atoms with Gasteiger partial charge in [-0.3, -0.25) is 9.78 Å². The summed E-state index contributed by atoms with van der Waals surface area (Å²) in [5.41, 5.74) is 0.284. The van der Waals surface area contributed by atoms with Gasteiger partial charge in [0.1, 0.15) is 5.69 Å². The summed E-state index contributed by atoms with van der Waals surface area (Å²) in [7, 11) is 0. The van der Waals surface area contributed by atoms with Gasteiger partial charge in [-0.2, -0.15) is 0 Å². The third kappa shape index (κ3) is 3.74. The fourth-order valence-electron chi connectivity index (χ4n) is 2.62. The molecule has 110 valence electrons. The predicted octanol–water partition coefficient (Wildman–Crippen LogP) is 3.78. The van der Waals surface area contributed by atoms with Gasteiger partial charge in [-0.05, 0) is 31.4 Å². The van der Waals surface area contributed by atoms with Crippen molar-refractivity contribution < 1.29 is 13.6 Å². The zero-order chi connectivity index (χ0) is 14.5. The number of rotatable bonds is 3. The van der Waals surface area contributed by atoms with Crippen LogP contribution in [0.15, 0.2) is 12.3 Å². The van der Waals surface area contributed by atoms with Crippen LogP contribution in [0.2, 0.25) is 0 Å². The molecule has 1 aliphatic carbocycles. The molecule has 0 saturated heterocycles. The number of hydrogen-bond donors (Lipinski definition) is 1. The third-order valence-electron chi connectivity index (χ3n) is 3.70. The van der Waals surface area contributed by atoms with Crippen LogP contribution in [0.5, 0.6) is 0 Å². The Balaban J connectivity index is 2.13. The molecule has 1 N–H and O–H groups in total. The molecule has 0 bridgehead atoms. The van der Waals surface area contributed by atoms with E-state index < -0.39 is 18.0 Å². The fourth-order valence-corrected chi connectivity index (χ4v) is 2.62. The van der Waals surface area contributed by atoms with Crippen LogP contribution in [0.4, 0.5) is 8.78 Å². The monoisotopic (exact) mass is 282 g/mol. The lowest BCUT2D eigenvalue weighted by atomic mass is 10.1. The highest BCUT2D eigenvalue weighted by Crippen LogP contribution is 2.22. The Morgan fingerprint density at radius 3 is 2.55 bits per heavy atom. The number of aromatic nitrogens is 1. The molecule has 5 heteroatoms. The Morgan fingerprint density at radius 1 is 1.30 bits per heavy atom. The van der Waals surface area contributed by atoms with E-state index in [1.54, 1.807) is 6.92 Å². The van der Waals surface area contributed by atoms with Crippen molar-refractivity contribution in [3.63, 3.8) is 0 Å². The van der Waals surface area contributed by atoms with Crippen LogP contribution in [-0.4, -0.2) is 16.9 Å². The Kier molecular flexibility index (Phi) is 5.04. The number of aryl methyl sites for hydroxylation is 1. The first kappa shape index (κ1) is 14.9. The number of nitrogens with zero attached hydrogens (tertiary/aromatic N) is 1. The normalized spacial score (nSPS) is 17.0. The number of amides is 1. The standard InChI is InChI=1S/C15H20F2N2O/c1-10-8-12(13(14(16)17)18-9-10)15(20)19-11-6-4-2-3-5-7-11/h8-9,11,14H,2-7H2,1H3,(H,19,20). The Morgan fingerprint density at radius 2 is 1.95 bits per heavy atom. The lowest BCUT2D eigenvalue weighted by Crippen LogP contribution is -2.35. The van der Waals surface area contributed by atoms with Crippen LogP contribution in [0.3, 0.4) is 0 Å². The Labute approximate surface area is 117 Å². The number of halogens is 2. The second-order valence-electron chi connectivity index (χ2n) is 5.41. The topological polar surface area (TPSA) is 42.0 Å². The summed E-state index contributed by atoms with van der Waals surface area (Å²) < 4.78 is 25.8. The average Bonchev–Trinajstić information content (AvgIpc) is 2.66. The fraction of sp³-hybridized carbons (Fsp3) is 0.600. The van der Waals surface area contributed by atoms with E-state index in [4.69, 9.17) is 0 Å². The van der Waals surface area contributed by atoms with Crippen LogP contribution in [0, 0.1) is 6.92 Å². The van der Waals surface area contributed by atoms with E-state index in [1.165, 1.54) is 25.1 Å². The minimum absolute atomic E-state index is 0.00393. The van der Waals surface area contributed by atoms with Gasteiger partial charge in [0.25, 0.3) is 12.3 Å². The molecule has 2 rings (SSSR count). The number of carbonyl (C=O) groups is 1. The quantitative estimate of drug-likeness (QED) is 0.857. The van der Waals surface area contributed by atoms with Gasteiger partial charge in [0.05, 0.1) is 5.56 Å². The van der Waals surface area contributed by atoms with E-state index >= 15 is 0 Å². The largest absolute Gasteiger partial charge is 0.349 e. The van der Waals surface area contributed by atoms with Gasteiger partial charge in [0.2, 0.25) is 0 Å². The second-order valence-corrected chi connectivity index (χ2v) is 5.41. The summed E-state index contributed by atoms with van der Waals surface area (Å²) >= 11 is 0. The Hall–Kier alpha value is -1.52. The van der Waals surface area contributed by atoms with Gasteiger partial charge in [-0.15, -0.1) is 0 Å². The van der Waals surface area contributed by atoms with E-state index in [-0.39, 0.29) is 11.6 Å². The summed E-state index contributed by atoms with van der Waals surface area (Å²) in [5.74, 6) is -0.427. The van der Waals surface area contributed by atoms with Crippen molar-refractivity contribution >= 4 is 5.91 Å². The molecule has 0 atom stereocenters. The predicted molar refractivity (Wildman–Crippen MR) is 72.9 cm³/mol. The van der Waals surface area contributed by atoms with Gasteiger partial charge < -0.3 is 5.32 Å². The molecule has 0 unspecified atom stereocenters. The molecule has 1 saturated carbocycles. The highest BCUT2D eigenvalue weighted by molar-refractivity contribution is 5.95. The van der Waals surface area contributed by atoms with E-state index in [0.717, 1.165) is 25.7 Å². The van der Waals surface area contributed by atoms with E-state index in [2.05, 4.69) is 10.3 Å². The van der Waals surface area contributed by atoms with E-state index in [0.29, 0.717) is 5.56 Å². The first-order chi connectivity index (χ1) is 9.58. The molecule has 1 amide bonds. The van der Waals surface area contributed by atoms with Crippen molar-refractivity contribution in [2.24, 2.45) is 0 Å². The minimum Gasteiger partial charge on any atom is -0.349 e. The maximum atomic E-state index is 12.9. The van der Waals surface area contributed by atoms with Crippen LogP contribution >= 0.6 is 0 Å². The summed E-state index contributed by atoms with van der Waals surface area (Å²) in [6.45, 7) is 1.74.